The topological polar surface area (TPSA) is 134 Å². The van der Waals surface area contributed by atoms with Crippen LogP contribution in [0.4, 0.5) is 0 Å². The first-order chi connectivity index (χ1) is 29.7. The number of unbranched alkanes of at least 4 members (excludes halogenated alkanes) is 1. The Hall–Kier alpha value is -5.65. The zero-order valence-electron chi connectivity index (χ0n) is 37.0. The van der Waals surface area contributed by atoms with Gasteiger partial charge in [-0.15, -0.1) is 0 Å². The SMILES string of the molecule is CC[C@]1(C)NC(=O)[C@H](CCC/C=C/C(=O)[C@H](C)O[Si](c2ccccc2)(c2ccccc2)C(C)(C)C)NC(=O)[C@H]2CCCN2C(=O)[C@H](Cc2ccc(-c3ccccc3)cc2)NC1=O. The van der Waals surface area contributed by atoms with Gasteiger partial charge in [0.1, 0.15) is 29.8 Å². The Kier molecular flexibility index (Phi) is 14.8. The van der Waals surface area contributed by atoms with E-state index in [0.29, 0.717) is 32.2 Å². The van der Waals surface area contributed by atoms with E-state index in [2.05, 4.69) is 61.0 Å². The van der Waals surface area contributed by atoms with Crippen LogP contribution in [0, 0.1) is 0 Å². The van der Waals surface area contributed by atoms with E-state index in [9.17, 15) is 24.0 Å². The summed E-state index contributed by atoms with van der Waals surface area (Å²) in [6.45, 7) is 12.1. The average molecular weight is 855 g/mol. The molecule has 6 rings (SSSR count). The fraction of sp³-hybridized carbons (Fsp3) is 0.392. The lowest BCUT2D eigenvalue weighted by molar-refractivity contribution is -0.144. The first kappa shape index (κ1) is 45.9. The Morgan fingerprint density at radius 2 is 1.40 bits per heavy atom. The second-order valence-corrected chi connectivity index (χ2v) is 22.1. The van der Waals surface area contributed by atoms with Gasteiger partial charge in [-0.2, -0.15) is 0 Å². The first-order valence-corrected chi connectivity index (χ1v) is 23.9. The van der Waals surface area contributed by atoms with Gasteiger partial charge in [-0.25, -0.2) is 0 Å². The highest BCUT2D eigenvalue weighted by Crippen LogP contribution is 2.37. The number of amides is 4. The van der Waals surface area contributed by atoms with E-state index in [1.54, 1.807) is 37.8 Å². The number of benzene rings is 4. The van der Waals surface area contributed by atoms with E-state index in [1.807, 2.05) is 91.0 Å². The zero-order chi connectivity index (χ0) is 44.5. The number of carbonyl (C=O) groups is 5. The highest BCUT2D eigenvalue weighted by atomic mass is 28.4. The number of nitrogens with zero attached hydrogens (tertiary/aromatic N) is 1. The van der Waals surface area contributed by atoms with Crippen LogP contribution in [0.3, 0.4) is 0 Å². The number of fused-ring (bicyclic) bond motifs is 1. The zero-order valence-corrected chi connectivity index (χ0v) is 38.0. The van der Waals surface area contributed by atoms with Crippen molar-refractivity contribution < 1.29 is 28.4 Å². The molecule has 2 aliphatic rings. The summed E-state index contributed by atoms with van der Waals surface area (Å²) in [6.07, 6.45) is 5.36. The smallest absolute Gasteiger partial charge is 0.262 e. The molecule has 0 spiro atoms. The Labute approximate surface area is 368 Å². The lowest BCUT2D eigenvalue weighted by Crippen LogP contribution is -2.68. The summed E-state index contributed by atoms with van der Waals surface area (Å²) in [7, 11) is -2.95. The van der Waals surface area contributed by atoms with Crippen molar-refractivity contribution in [3.05, 3.63) is 133 Å². The number of nitrogens with one attached hydrogen (secondary N) is 3. The van der Waals surface area contributed by atoms with Crippen LogP contribution < -0.4 is 26.3 Å². The Balaban J connectivity index is 1.13. The quantitative estimate of drug-likeness (QED) is 0.0763. The molecule has 2 heterocycles. The maximum Gasteiger partial charge on any atom is 0.262 e. The van der Waals surface area contributed by atoms with Crippen molar-refractivity contribution in [1.82, 2.24) is 20.9 Å². The van der Waals surface area contributed by atoms with E-state index in [4.69, 9.17) is 4.43 Å². The second-order valence-electron chi connectivity index (χ2n) is 17.9. The fourth-order valence-electron chi connectivity index (χ4n) is 8.71. The van der Waals surface area contributed by atoms with Gasteiger partial charge >= 0.3 is 0 Å². The highest BCUT2D eigenvalue weighted by molar-refractivity contribution is 6.99. The van der Waals surface area contributed by atoms with Crippen molar-refractivity contribution in [2.45, 2.75) is 121 Å². The largest absolute Gasteiger partial charge is 0.397 e. The Morgan fingerprint density at radius 1 is 0.823 bits per heavy atom. The molecule has 4 amide bonds. The normalized spacial score (nSPS) is 21.9. The van der Waals surface area contributed by atoms with E-state index < -0.39 is 55.8 Å². The third-order valence-electron chi connectivity index (χ3n) is 12.5. The molecular weight excluding hydrogens is 793 g/mol. The predicted molar refractivity (Wildman–Crippen MR) is 247 cm³/mol. The summed E-state index contributed by atoms with van der Waals surface area (Å²) >= 11 is 0. The summed E-state index contributed by atoms with van der Waals surface area (Å²) in [5.74, 6) is -1.83. The van der Waals surface area contributed by atoms with Gasteiger partial charge in [0.05, 0.1) is 0 Å². The van der Waals surface area contributed by atoms with Crippen molar-refractivity contribution in [2.24, 2.45) is 0 Å². The van der Waals surface area contributed by atoms with Crippen LogP contribution in [0.25, 0.3) is 11.1 Å². The molecule has 0 aliphatic carbocycles. The molecule has 326 valence electrons. The third kappa shape index (κ3) is 10.3. The minimum Gasteiger partial charge on any atom is -0.397 e. The van der Waals surface area contributed by atoms with Crippen molar-refractivity contribution in [1.29, 1.82) is 0 Å². The fourth-order valence-corrected chi connectivity index (χ4v) is 13.4. The van der Waals surface area contributed by atoms with E-state index >= 15 is 0 Å². The van der Waals surface area contributed by atoms with Crippen molar-refractivity contribution in [2.75, 3.05) is 6.54 Å². The molecule has 4 aromatic rings. The van der Waals surface area contributed by atoms with Crippen LogP contribution in [0.1, 0.15) is 85.6 Å². The monoisotopic (exact) mass is 854 g/mol. The maximum atomic E-state index is 14.3. The molecule has 0 radical (unpaired) electrons. The summed E-state index contributed by atoms with van der Waals surface area (Å²) in [5, 5.41) is 10.7. The van der Waals surface area contributed by atoms with Crippen molar-refractivity contribution in [3.63, 3.8) is 0 Å². The molecular formula is C51H62N4O6Si. The average Bonchev–Trinajstić information content (AvgIpc) is 3.78. The van der Waals surface area contributed by atoms with E-state index in [0.717, 1.165) is 27.1 Å². The molecule has 2 aliphatic heterocycles. The van der Waals surface area contributed by atoms with E-state index in [-0.39, 0.29) is 36.0 Å². The Bertz CT molecular complexity index is 2170. The lowest BCUT2D eigenvalue weighted by Gasteiger charge is -2.44. The number of hydrogen-bond acceptors (Lipinski definition) is 6. The molecule has 0 aromatic heterocycles. The van der Waals surface area contributed by atoms with Crippen LogP contribution in [0.5, 0.6) is 0 Å². The molecule has 0 saturated carbocycles. The van der Waals surface area contributed by atoms with Gasteiger partial charge in [0.15, 0.2) is 5.78 Å². The standard InChI is InChI=1S/C51H62N4O6Si/c1-7-51(6)49(60)53-43(35-37-30-32-39(33-31-37)38-21-12-8-13-22-38)48(59)55-34-20-28-44(55)47(58)52-42(46(57)54-51)27-18-11-19-29-45(56)36(2)61-62(50(3,4)5,40-23-14-9-15-24-40)41-25-16-10-17-26-41/h8-10,12-17,19,21-26,29-33,36,42-44H,7,11,18,20,27-28,34-35H2,1-6H3,(H,52,58)(H,53,60)(H,54,57)/b29-19+/t36-,42-,43-,44+,51-/m0/s1. The summed E-state index contributed by atoms with van der Waals surface area (Å²) in [5.41, 5.74) is 1.61. The molecule has 0 unspecified atom stereocenters. The van der Waals surface area contributed by atoms with Gasteiger partial charge in [-0.05, 0) is 90.6 Å². The number of hydrogen-bond donors (Lipinski definition) is 3. The van der Waals surface area contributed by atoms with Gasteiger partial charge in [0.25, 0.3) is 8.32 Å². The third-order valence-corrected chi connectivity index (χ3v) is 17.6. The maximum absolute atomic E-state index is 14.3. The van der Waals surface area contributed by atoms with Crippen LogP contribution in [0.2, 0.25) is 5.04 Å². The van der Waals surface area contributed by atoms with Crippen LogP contribution in [-0.2, 0) is 34.8 Å². The van der Waals surface area contributed by atoms with Crippen LogP contribution in [-0.4, -0.2) is 78.9 Å². The highest BCUT2D eigenvalue weighted by Gasteiger charge is 2.51. The Morgan fingerprint density at radius 3 is 1.98 bits per heavy atom. The molecule has 11 heteroatoms. The van der Waals surface area contributed by atoms with Gasteiger partial charge in [-0.3, -0.25) is 24.0 Å². The van der Waals surface area contributed by atoms with Gasteiger partial charge in [0.2, 0.25) is 23.6 Å². The molecule has 4 aromatic carbocycles. The molecule has 3 N–H and O–H groups in total. The molecule has 2 fully saturated rings. The van der Waals surface area contributed by atoms with Gasteiger partial charge < -0.3 is 25.3 Å². The predicted octanol–water partition coefficient (Wildman–Crippen LogP) is 6.42. The molecule has 5 atom stereocenters. The van der Waals surface area contributed by atoms with Gasteiger partial charge in [-0.1, -0.05) is 149 Å². The summed E-state index contributed by atoms with van der Waals surface area (Å²) < 4.78 is 6.99. The van der Waals surface area contributed by atoms with Crippen LogP contribution >= 0.6 is 0 Å². The summed E-state index contributed by atoms with van der Waals surface area (Å²) in [6, 6.07) is 35.6. The second kappa shape index (κ2) is 20.0. The number of rotatable bonds is 14. The number of ketones is 1. The lowest BCUT2D eigenvalue weighted by atomic mass is 9.94. The first-order valence-electron chi connectivity index (χ1n) is 22.0. The van der Waals surface area contributed by atoms with Gasteiger partial charge in [0, 0.05) is 13.0 Å². The van der Waals surface area contributed by atoms with Crippen molar-refractivity contribution in [3.8, 4) is 11.1 Å². The number of carbonyl (C=O) groups excluding carboxylic acids is 5. The van der Waals surface area contributed by atoms with Crippen molar-refractivity contribution >= 4 is 48.1 Å². The minimum absolute atomic E-state index is 0.159. The molecule has 62 heavy (non-hydrogen) atoms. The molecule has 10 nitrogen and oxygen atoms in total. The summed E-state index contributed by atoms with van der Waals surface area (Å²) in [4.78, 5) is 71.5. The van der Waals surface area contributed by atoms with E-state index in [1.165, 1.54) is 0 Å². The molecule has 0 bridgehead atoms. The minimum atomic E-state index is -2.95. The number of allylic oxidation sites excluding steroid dienone is 1. The molecule has 2 saturated heterocycles. The van der Waals surface area contributed by atoms with Crippen LogP contribution in [0.15, 0.2) is 127 Å².